The molecule has 0 saturated heterocycles. The summed E-state index contributed by atoms with van der Waals surface area (Å²) < 4.78 is 15.9. The van der Waals surface area contributed by atoms with Crippen LogP contribution in [0.5, 0.6) is 0 Å². The van der Waals surface area contributed by atoms with Crippen LogP contribution in [0.3, 0.4) is 0 Å². The number of pyridine rings is 2. The summed E-state index contributed by atoms with van der Waals surface area (Å²) >= 11 is 1.15. The molecule has 0 spiro atoms. The first-order valence-corrected chi connectivity index (χ1v) is 8.59. The van der Waals surface area contributed by atoms with E-state index in [0.717, 1.165) is 27.2 Å². The van der Waals surface area contributed by atoms with Gasteiger partial charge in [-0.15, -0.1) is 0 Å². The summed E-state index contributed by atoms with van der Waals surface area (Å²) in [5, 5.41) is 0. The molecular formula is C18H10FN5OS. The maximum atomic E-state index is 13.2. The van der Waals surface area contributed by atoms with Crippen molar-refractivity contribution in [2.45, 2.75) is 0 Å². The van der Waals surface area contributed by atoms with Gasteiger partial charge in [0.1, 0.15) is 11.3 Å². The zero-order chi connectivity index (χ0) is 17.7. The molecule has 0 aliphatic carbocycles. The van der Waals surface area contributed by atoms with Crippen LogP contribution >= 0.6 is 11.3 Å². The molecule has 6 nitrogen and oxygen atoms in total. The van der Waals surface area contributed by atoms with Gasteiger partial charge in [0.05, 0.1) is 15.9 Å². The van der Waals surface area contributed by atoms with E-state index < -0.39 is 5.95 Å². The fourth-order valence-electron chi connectivity index (χ4n) is 2.93. The predicted molar refractivity (Wildman–Crippen MR) is 98.1 cm³/mol. The highest BCUT2D eigenvalue weighted by atomic mass is 32.1. The van der Waals surface area contributed by atoms with Crippen molar-refractivity contribution in [3.05, 3.63) is 70.5 Å². The maximum absolute atomic E-state index is 13.2. The molecule has 1 aromatic carbocycles. The third-order valence-corrected chi connectivity index (χ3v) is 4.91. The molecule has 0 aliphatic heterocycles. The molecular weight excluding hydrogens is 353 g/mol. The van der Waals surface area contributed by atoms with Crippen LogP contribution in [-0.4, -0.2) is 24.5 Å². The Balaban J connectivity index is 1.83. The second-order valence-corrected chi connectivity index (χ2v) is 6.70. The van der Waals surface area contributed by atoms with E-state index in [1.54, 1.807) is 12.3 Å². The summed E-state index contributed by atoms with van der Waals surface area (Å²) in [4.78, 5) is 27.1. The Labute approximate surface area is 149 Å². The Morgan fingerprint density at radius 2 is 2.04 bits per heavy atom. The first-order valence-electron chi connectivity index (χ1n) is 7.78. The number of hydrogen-bond donors (Lipinski definition) is 1. The molecule has 4 aromatic heterocycles. The van der Waals surface area contributed by atoms with Crippen LogP contribution in [0.15, 0.2) is 59.7 Å². The highest BCUT2D eigenvalue weighted by Crippen LogP contribution is 2.29. The second-order valence-electron chi connectivity index (χ2n) is 5.68. The van der Waals surface area contributed by atoms with Crippen molar-refractivity contribution in [3.63, 3.8) is 0 Å². The van der Waals surface area contributed by atoms with Crippen LogP contribution in [0.1, 0.15) is 0 Å². The lowest BCUT2D eigenvalue weighted by molar-refractivity contribution is 0.584. The summed E-state index contributed by atoms with van der Waals surface area (Å²) in [5.74, 6) is 0.0569. The molecule has 0 atom stereocenters. The van der Waals surface area contributed by atoms with Crippen LogP contribution in [0.4, 0.5) is 4.39 Å². The fourth-order valence-corrected chi connectivity index (χ4v) is 3.70. The van der Waals surface area contributed by atoms with Crippen molar-refractivity contribution in [2.75, 3.05) is 0 Å². The summed E-state index contributed by atoms with van der Waals surface area (Å²) in [6.07, 6.45) is 3.14. The van der Waals surface area contributed by atoms with Gasteiger partial charge in [-0.1, -0.05) is 11.3 Å². The topological polar surface area (TPSA) is 76.5 Å². The molecule has 0 fully saturated rings. The Kier molecular flexibility index (Phi) is 3.19. The van der Waals surface area contributed by atoms with Crippen molar-refractivity contribution in [1.82, 2.24) is 24.5 Å². The van der Waals surface area contributed by atoms with Gasteiger partial charge in [-0.2, -0.15) is 4.39 Å². The number of aromatic amines is 1. The molecule has 8 heteroatoms. The van der Waals surface area contributed by atoms with Crippen LogP contribution in [0.25, 0.3) is 38.5 Å². The third kappa shape index (κ3) is 2.31. The summed E-state index contributed by atoms with van der Waals surface area (Å²) in [5.41, 5.74) is 3.66. The zero-order valence-corrected chi connectivity index (χ0v) is 14.0. The minimum Gasteiger partial charge on any atom is -0.312 e. The standard InChI is InChI=1S/C18H10FN5OS/c19-15-6-3-10(9-21-15)16-22-13-2-1-7-20-17(13)24(16)11-4-5-12-14(8-11)26-18(25)23-12/h1-9H,(H,23,25). The minimum atomic E-state index is -0.548. The van der Waals surface area contributed by atoms with Gasteiger partial charge in [0, 0.05) is 18.0 Å². The van der Waals surface area contributed by atoms with Gasteiger partial charge < -0.3 is 4.98 Å². The Hall–Kier alpha value is -3.39. The number of halogens is 1. The summed E-state index contributed by atoms with van der Waals surface area (Å²) in [7, 11) is 0. The van der Waals surface area contributed by atoms with Crippen LogP contribution in [0, 0.1) is 5.95 Å². The van der Waals surface area contributed by atoms with Crippen molar-refractivity contribution in [3.8, 4) is 17.1 Å². The number of nitrogens with one attached hydrogen (secondary N) is 1. The number of benzene rings is 1. The van der Waals surface area contributed by atoms with Gasteiger partial charge in [-0.05, 0) is 42.5 Å². The lowest BCUT2D eigenvalue weighted by Gasteiger charge is -2.09. The number of thiazole rings is 1. The van der Waals surface area contributed by atoms with E-state index in [9.17, 15) is 9.18 Å². The number of fused-ring (bicyclic) bond motifs is 2. The molecule has 0 radical (unpaired) electrons. The molecule has 26 heavy (non-hydrogen) atoms. The third-order valence-electron chi connectivity index (χ3n) is 4.06. The first kappa shape index (κ1) is 14.9. The van der Waals surface area contributed by atoms with Crippen molar-refractivity contribution in [2.24, 2.45) is 0 Å². The SMILES string of the molecule is O=c1[nH]c2ccc(-n3c(-c4ccc(F)nc4)nc4cccnc43)cc2s1. The molecule has 0 bridgehead atoms. The van der Waals surface area contributed by atoms with Gasteiger partial charge in [-0.25, -0.2) is 15.0 Å². The molecule has 0 saturated carbocycles. The molecule has 0 aliphatic rings. The van der Waals surface area contributed by atoms with E-state index in [1.807, 2.05) is 34.9 Å². The van der Waals surface area contributed by atoms with Gasteiger partial charge in [0.15, 0.2) is 5.65 Å². The molecule has 4 heterocycles. The van der Waals surface area contributed by atoms with E-state index in [-0.39, 0.29) is 4.87 Å². The van der Waals surface area contributed by atoms with Gasteiger partial charge in [-0.3, -0.25) is 9.36 Å². The number of hydrogen-bond acceptors (Lipinski definition) is 5. The molecule has 0 amide bonds. The molecule has 1 N–H and O–H groups in total. The molecule has 126 valence electrons. The van der Waals surface area contributed by atoms with Crippen LogP contribution in [0.2, 0.25) is 0 Å². The highest BCUT2D eigenvalue weighted by Gasteiger charge is 2.16. The largest absolute Gasteiger partial charge is 0.312 e. The van der Waals surface area contributed by atoms with E-state index in [1.165, 1.54) is 12.3 Å². The molecule has 5 aromatic rings. The fraction of sp³-hybridized carbons (Fsp3) is 0. The Morgan fingerprint density at radius 1 is 1.12 bits per heavy atom. The second kappa shape index (κ2) is 5.57. The lowest BCUT2D eigenvalue weighted by Crippen LogP contribution is -1.99. The average molecular weight is 363 g/mol. The number of rotatable bonds is 2. The smallest absolute Gasteiger partial charge is 0.305 e. The van der Waals surface area contributed by atoms with E-state index in [2.05, 4.69) is 19.9 Å². The zero-order valence-electron chi connectivity index (χ0n) is 13.2. The first-order chi connectivity index (χ1) is 12.7. The van der Waals surface area contributed by atoms with Crippen LogP contribution in [-0.2, 0) is 0 Å². The Morgan fingerprint density at radius 3 is 2.88 bits per heavy atom. The van der Waals surface area contributed by atoms with E-state index in [4.69, 9.17) is 0 Å². The summed E-state index contributed by atoms with van der Waals surface area (Å²) in [6, 6.07) is 12.3. The average Bonchev–Trinajstić information content (AvgIpc) is 3.21. The number of aromatic nitrogens is 5. The lowest BCUT2D eigenvalue weighted by atomic mass is 10.2. The van der Waals surface area contributed by atoms with E-state index in [0.29, 0.717) is 22.6 Å². The van der Waals surface area contributed by atoms with Crippen molar-refractivity contribution >= 4 is 32.7 Å². The van der Waals surface area contributed by atoms with E-state index >= 15 is 0 Å². The minimum absolute atomic E-state index is 0.103. The van der Waals surface area contributed by atoms with Crippen molar-refractivity contribution < 1.29 is 4.39 Å². The predicted octanol–water partition coefficient (Wildman–Crippen LogP) is 3.52. The monoisotopic (exact) mass is 363 g/mol. The normalized spacial score (nSPS) is 11.4. The highest BCUT2D eigenvalue weighted by molar-refractivity contribution is 7.16. The molecule has 0 unspecified atom stereocenters. The number of imidazole rings is 1. The maximum Gasteiger partial charge on any atom is 0.305 e. The van der Waals surface area contributed by atoms with Gasteiger partial charge in [0.25, 0.3) is 0 Å². The quantitative estimate of drug-likeness (QED) is 0.487. The van der Waals surface area contributed by atoms with Crippen LogP contribution < -0.4 is 4.87 Å². The van der Waals surface area contributed by atoms with Crippen molar-refractivity contribution in [1.29, 1.82) is 0 Å². The van der Waals surface area contributed by atoms with Gasteiger partial charge in [0.2, 0.25) is 5.95 Å². The number of H-pyrrole nitrogens is 1. The summed E-state index contributed by atoms with van der Waals surface area (Å²) in [6.45, 7) is 0. The number of nitrogens with zero attached hydrogens (tertiary/aromatic N) is 4. The van der Waals surface area contributed by atoms with Gasteiger partial charge >= 0.3 is 4.87 Å². The Bertz CT molecular complexity index is 1320. The molecule has 5 rings (SSSR count).